The molecule has 2 N–H and O–H groups in total. The van der Waals surface area contributed by atoms with E-state index in [0.29, 0.717) is 25.6 Å². The molecule has 0 saturated heterocycles. The molecule has 0 aliphatic heterocycles. The van der Waals surface area contributed by atoms with Gasteiger partial charge >= 0.3 is 0 Å². The van der Waals surface area contributed by atoms with Crippen molar-refractivity contribution in [3.8, 4) is 11.6 Å². The first-order chi connectivity index (χ1) is 12.3. The number of para-hydroxylation sites is 1. The van der Waals surface area contributed by atoms with Gasteiger partial charge in [0.25, 0.3) is 0 Å². The zero-order valence-corrected chi connectivity index (χ0v) is 17.8. The molecule has 0 amide bonds. The summed E-state index contributed by atoms with van der Waals surface area (Å²) in [5, 5.41) is 6.59. The van der Waals surface area contributed by atoms with E-state index in [2.05, 4.69) is 20.6 Å². The summed E-state index contributed by atoms with van der Waals surface area (Å²) in [5.41, 5.74) is 2.03. The Labute approximate surface area is 172 Å². The fourth-order valence-electron chi connectivity index (χ4n) is 2.36. The minimum atomic E-state index is 0. The number of benzene rings is 1. The minimum absolute atomic E-state index is 0. The molecule has 2 aromatic rings. The fourth-order valence-corrected chi connectivity index (χ4v) is 2.36. The van der Waals surface area contributed by atoms with Gasteiger partial charge in [-0.05, 0) is 26.0 Å². The van der Waals surface area contributed by atoms with Crippen LogP contribution in [0.1, 0.15) is 25.0 Å². The van der Waals surface area contributed by atoms with Crippen LogP contribution in [0.5, 0.6) is 11.6 Å². The van der Waals surface area contributed by atoms with Gasteiger partial charge in [-0.15, -0.1) is 24.0 Å². The van der Waals surface area contributed by atoms with Crippen molar-refractivity contribution in [2.45, 2.75) is 26.9 Å². The number of hydrogen-bond acceptors (Lipinski definition) is 4. The van der Waals surface area contributed by atoms with Gasteiger partial charge < -0.3 is 20.1 Å². The van der Waals surface area contributed by atoms with Crippen molar-refractivity contribution >= 4 is 29.9 Å². The van der Waals surface area contributed by atoms with E-state index < -0.39 is 0 Å². The second-order valence-electron chi connectivity index (χ2n) is 5.26. The standard InChI is InChI=1S/C19H26N4O2.HI/c1-4-20-19(23-14-16-10-8-12-21-18(16)24-3)22-13-15-9-6-7-11-17(15)25-5-2;/h6-12H,4-5,13-14H2,1-3H3,(H2,20,22,23);1H. The third-order valence-electron chi connectivity index (χ3n) is 3.51. The van der Waals surface area contributed by atoms with Crippen LogP contribution in [0.15, 0.2) is 47.6 Å². The second-order valence-corrected chi connectivity index (χ2v) is 5.26. The van der Waals surface area contributed by atoms with Crippen LogP contribution in [-0.2, 0) is 13.1 Å². The van der Waals surface area contributed by atoms with Crippen LogP contribution in [0.3, 0.4) is 0 Å². The van der Waals surface area contributed by atoms with Gasteiger partial charge in [0.05, 0.1) is 20.3 Å². The lowest BCUT2D eigenvalue weighted by Gasteiger charge is -2.14. The van der Waals surface area contributed by atoms with Crippen LogP contribution in [-0.4, -0.2) is 31.2 Å². The summed E-state index contributed by atoms with van der Waals surface area (Å²) in [7, 11) is 1.61. The van der Waals surface area contributed by atoms with Gasteiger partial charge in [0, 0.05) is 30.4 Å². The molecule has 26 heavy (non-hydrogen) atoms. The molecule has 2 rings (SSSR count). The lowest BCUT2D eigenvalue weighted by molar-refractivity contribution is 0.336. The van der Waals surface area contributed by atoms with Crippen molar-refractivity contribution in [2.24, 2.45) is 4.99 Å². The molecule has 0 atom stereocenters. The van der Waals surface area contributed by atoms with Crippen LogP contribution < -0.4 is 20.1 Å². The highest BCUT2D eigenvalue weighted by Gasteiger charge is 2.06. The summed E-state index contributed by atoms with van der Waals surface area (Å²) in [5.74, 6) is 2.23. The van der Waals surface area contributed by atoms with Gasteiger partial charge in [-0.3, -0.25) is 0 Å². The molecule has 7 heteroatoms. The normalized spacial score (nSPS) is 10.7. The molecule has 0 unspecified atom stereocenters. The van der Waals surface area contributed by atoms with E-state index in [0.717, 1.165) is 29.4 Å². The van der Waals surface area contributed by atoms with Crippen molar-refractivity contribution in [3.05, 3.63) is 53.7 Å². The van der Waals surface area contributed by atoms with Crippen LogP contribution in [0.4, 0.5) is 0 Å². The lowest BCUT2D eigenvalue weighted by atomic mass is 10.2. The molecule has 1 aromatic heterocycles. The quantitative estimate of drug-likeness (QED) is 0.352. The van der Waals surface area contributed by atoms with Gasteiger partial charge in [-0.25, -0.2) is 9.98 Å². The molecule has 0 saturated carbocycles. The number of hydrogen-bond donors (Lipinski definition) is 2. The van der Waals surface area contributed by atoms with E-state index >= 15 is 0 Å². The van der Waals surface area contributed by atoms with Crippen LogP contribution in [0.2, 0.25) is 0 Å². The highest BCUT2D eigenvalue weighted by Crippen LogP contribution is 2.17. The Bertz CT molecular complexity index is 695. The number of nitrogens with zero attached hydrogens (tertiary/aromatic N) is 2. The van der Waals surface area contributed by atoms with Crippen molar-refractivity contribution in [3.63, 3.8) is 0 Å². The van der Waals surface area contributed by atoms with Crippen molar-refractivity contribution < 1.29 is 9.47 Å². The molecule has 0 radical (unpaired) electrons. The minimum Gasteiger partial charge on any atom is -0.494 e. The fraction of sp³-hybridized carbons (Fsp3) is 0.368. The smallest absolute Gasteiger partial charge is 0.218 e. The maximum atomic E-state index is 5.66. The highest BCUT2D eigenvalue weighted by atomic mass is 127. The average Bonchev–Trinajstić information content (AvgIpc) is 2.65. The number of pyridine rings is 1. The molecule has 0 aliphatic rings. The van der Waals surface area contributed by atoms with E-state index in [-0.39, 0.29) is 24.0 Å². The Balaban J connectivity index is 0.00000338. The molecule has 1 heterocycles. The van der Waals surface area contributed by atoms with Gasteiger partial charge in [-0.1, -0.05) is 24.3 Å². The van der Waals surface area contributed by atoms with Crippen LogP contribution >= 0.6 is 24.0 Å². The van der Waals surface area contributed by atoms with Gasteiger partial charge in [0.1, 0.15) is 5.75 Å². The monoisotopic (exact) mass is 470 g/mol. The van der Waals surface area contributed by atoms with E-state index in [1.54, 1.807) is 13.3 Å². The third kappa shape index (κ3) is 6.70. The number of halogens is 1. The molecule has 6 nitrogen and oxygen atoms in total. The summed E-state index contributed by atoms with van der Waals surface area (Å²) < 4.78 is 10.9. The molecule has 0 aliphatic carbocycles. The number of methoxy groups -OCH3 is 1. The zero-order valence-electron chi connectivity index (χ0n) is 15.5. The first-order valence-corrected chi connectivity index (χ1v) is 8.49. The SMILES string of the molecule is CCNC(=NCc1cccnc1OC)NCc1ccccc1OCC.I. The van der Waals surface area contributed by atoms with Crippen molar-refractivity contribution in [1.29, 1.82) is 0 Å². The Hall–Kier alpha value is -2.03. The predicted molar refractivity (Wildman–Crippen MR) is 115 cm³/mol. The molecular formula is C19H27IN4O2. The largest absolute Gasteiger partial charge is 0.494 e. The first kappa shape index (κ1) is 22.0. The molecule has 0 fully saturated rings. The maximum Gasteiger partial charge on any atom is 0.218 e. The number of guanidine groups is 1. The summed E-state index contributed by atoms with van der Waals surface area (Å²) in [6.07, 6.45) is 1.71. The number of aliphatic imine (C=N–C) groups is 1. The molecular weight excluding hydrogens is 443 g/mol. The Morgan fingerprint density at radius 2 is 1.85 bits per heavy atom. The van der Waals surface area contributed by atoms with E-state index in [1.807, 2.05) is 50.2 Å². The van der Waals surface area contributed by atoms with Gasteiger partial charge in [-0.2, -0.15) is 0 Å². The number of aromatic nitrogens is 1. The molecule has 0 bridgehead atoms. The van der Waals surface area contributed by atoms with Crippen LogP contribution in [0.25, 0.3) is 0 Å². The Morgan fingerprint density at radius 1 is 1.08 bits per heavy atom. The van der Waals surface area contributed by atoms with E-state index in [1.165, 1.54) is 0 Å². The number of nitrogens with one attached hydrogen (secondary N) is 2. The van der Waals surface area contributed by atoms with Crippen molar-refractivity contribution in [1.82, 2.24) is 15.6 Å². The van der Waals surface area contributed by atoms with Gasteiger partial charge in [0.15, 0.2) is 5.96 Å². The number of ether oxygens (including phenoxy) is 2. The average molecular weight is 470 g/mol. The topological polar surface area (TPSA) is 67.8 Å². The Kier molecular flexibility index (Phi) is 10.5. The zero-order chi connectivity index (χ0) is 17.9. The summed E-state index contributed by atoms with van der Waals surface area (Å²) in [4.78, 5) is 8.81. The third-order valence-corrected chi connectivity index (χ3v) is 3.51. The predicted octanol–water partition coefficient (Wildman–Crippen LogP) is 3.36. The molecule has 142 valence electrons. The summed E-state index contributed by atoms with van der Waals surface area (Å²) in [6.45, 7) is 6.56. The Morgan fingerprint density at radius 3 is 2.58 bits per heavy atom. The summed E-state index contributed by atoms with van der Waals surface area (Å²) >= 11 is 0. The van der Waals surface area contributed by atoms with E-state index in [9.17, 15) is 0 Å². The highest BCUT2D eigenvalue weighted by molar-refractivity contribution is 14.0. The van der Waals surface area contributed by atoms with Crippen molar-refractivity contribution in [2.75, 3.05) is 20.3 Å². The second kappa shape index (κ2) is 12.3. The van der Waals surface area contributed by atoms with Crippen LogP contribution in [0, 0.1) is 0 Å². The first-order valence-electron chi connectivity index (χ1n) is 8.49. The van der Waals surface area contributed by atoms with E-state index in [4.69, 9.17) is 9.47 Å². The number of rotatable bonds is 8. The lowest BCUT2D eigenvalue weighted by Crippen LogP contribution is -2.36. The molecule has 0 spiro atoms. The summed E-state index contributed by atoms with van der Waals surface area (Å²) in [6, 6.07) is 11.8. The van der Waals surface area contributed by atoms with Gasteiger partial charge in [0.2, 0.25) is 5.88 Å². The maximum absolute atomic E-state index is 5.66. The molecule has 1 aromatic carbocycles.